The van der Waals surface area contributed by atoms with Crippen molar-refractivity contribution in [2.45, 2.75) is 51.5 Å². The third-order valence-corrected chi connectivity index (χ3v) is 4.13. The molecular formula is C15H19N3O2. The van der Waals surface area contributed by atoms with Crippen LogP contribution < -0.4 is 0 Å². The lowest BCUT2D eigenvalue weighted by atomic mass is 9.95. The van der Waals surface area contributed by atoms with E-state index in [-0.39, 0.29) is 0 Å². The Kier molecular flexibility index (Phi) is 3.42. The first kappa shape index (κ1) is 13.1. The number of carbonyl (C=O) groups is 1. The minimum Gasteiger partial charge on any atom is -0.478 e. The van der Waals surface area contributed by atoms with Gasteiger partial charge in [0.2, 0.25) is 0 Å². The van der Waals surface area contributed by atoms with Gasteiger partial charge in [-0.1, -0.05) is 26.2 Å². The standard InChI is InChI=1S/C15H19N3O2/c1-2-10-8-12(15(19)20)13-9-16-18(14(13)17-10)11-6-4-3-5-7-11/h8-9,11H,2-7H2,1H3,(H,19,20). The van der Waals surface area contributed by atoms with Crippen molar-refractivity contribution >= 4 is 17.0 Å². The molecule has 106 valence electrons. The normalized spacial score (nSPS) is 16.6. The third kappa shape index (κ3) is 2.17. The summed E-state index contributed by atoms with van der Waals surface area (Å²) in [4.78, 5) is 16.0. The van der Waals surface area contributed by atoms with Crippen LogP contribution in [0.25, 0.3) is 11.0 Å². The van der Waals surface area contributed by atoms with Crippen LogP contribution in [0.2, 0.25) is 0 Å². The van der Waals surface area contributed by atoms with Gasteiger partial charge in [-0.3, -0.25) is 0 Å². The molecule has 0 spiro atoms. The average molecular weight is 273 g/mol. The van der Waals surface area contributed by atoms with Crippen LogP contribution in [0.3, 0.4) is 0 Å². The molecule has 0 aromatic carbocycles. The molecule has 0 saturated heterocycles. The second-order valence-corrected chi connectivity index (χ2v) is 5.44. The smallest absolute Gasteiger partial charge is 0.336 e. The minimum absolute atomic E-state index is 0.314. The molecule has 0 radical (unpaired) electrons. The van der Waals surface area contributed by atoms with Crippen LogP contribution in [0, 0.1) is 0 Å². The second-order valence-electron chi connectivity index (χ2n) is 5.44. The van der Waals surface area contributed by atoms with E-state index in [9.17, 15) is 9.90 Å². The summed E-state index contributed by atoms with van der Waals surface area (Å²) in [6, 6.07) is 2.03. The minimum atomic E-state index is -0.907. The first-order chi connectivity index (χ1) is 9.70. The molecule has 5 nitrogen and oxygen atoms in total. The molecular weight excluding hydrogens is 254 g/mol. The molecule has 1 fully saturated rings. The number of rotatable bonds is 3. The summed E-state index contributed by atoms with van der Waals surface area (Å²) in [5.41, 5.74) is 1.86. The Morgan fingerprint density at radius 2 is 2.15 bits per heavy atom. The highest BCUT2D eigenvalue weighted by Crippen LogP contribution is 2.30. The summed E-state index contributed by atoms with van der Waals surface area (Å²) in [6.07, 6.45) is 8.31. The third-order valence-electron chi connectivity index (χ3n) is 4.13. The van der Waals surface area contributed by atoms with Gasteiger partial charge in [-0.25, -0.2) is 14.5 Å². The van der Waals surface area contributed by atoms with Crippen LogP contribution >= 0.6 is 0 Å². The molecule has 0 bridgehead atoms. The SMILES string of the molecule is CCc1cc(C(=O)O)c2cnn(C3CCCCC3)c2n1. The number of fused-ring (bicyclic) bond motifs is 1. The largest absolute Gasteiger partial charge is 0.478 e. The molecule has 1 aliphatic carbocycles. The highest BCUT2D eigenvalue weighted by Gasteiger charge is 2.21. The van der Waals surface area contributed by atoms with E-state index in [1.807, 2.05) is 11.6 Å². The van der Waals surface area contributed by atoms with E-state index in [2.05, 4.69) is 10.1 Å². The molecule has 5 heteroatoms. The summed E-state index contributed by atoms with van der Waals surface area (Å²) in [5, 5.41) is 14.4. The second kappa shape index (κ2) is 5.23. The van der Waals surface area contributed by atoms with E-state index in [0.29, 0.717) is 17.0 Å². The monoisotopic (exact) mass is 273 g/mol. The van der Waals surface area contributed by atoms with Crippen molar-refractivity contribution in [3.05, 3.63) is 23.5 Å². The zero-order valence-electron chi connectivity index (χ0n) is 11.7. The molecule has 2 heterocycles. The van der Waals surface area contributed by atoms with Gasteiger partial charge in [0.25, 0.3) is 0 Å². The summed E-state index contributed by atoms with van der Waals surface area (Å²) in [6.45, 7) is 1.99. The predicted octanol–water partition coefficient (Wildman–Crippen LogP) is 3.20. The van der Waals surface area contributed by atoms with Crippen molar-refractivity contribution in [3.63, 3.8) is 0 Å². The van der Waals surface area contributed by atoms with Crippen molar-refractivity contribution < 1.29 is 9.90 Å². The van der Waals surface area contributed by atoms with Gasteiger partial charge in [-0.05, 0) is 25.3 Å². The van der Waals surface area contributed by atoms with Gasteiger partial charge < -0.3 is 5.11 Å². The maximum absolute atomic E-state index is 11.4. The molecule has 0 aliphatic heterocycles. The van der Waals surface area contributed by atoms with Gasteiger partial charge in [-0.15, -0.1) is 0 Å². The Morgan fingerprint density at radius 1 is 1.40 bits per heavy atom. The van der Waals surface area contributed by atoms with Gasteiger partial charge >= 0.3 is 5.97 Å². The Hall–Kier alpha value is -1.91. The van der Waals surface area contributed by atoms with E-state index in [1.54, 1.807) is 12.3 Å². The lowest BCUT2D eigenvalue weighted by Gasteiger charge is -2.22. The van der Waals surface area contributed by atoms with Crippen molar-refractivity contribution in [1.29, 1.82) is 0 Å². The first-order valence-electron chi connectivity index (χ1n) is 7.31. The van der Waals surface area contributed by atoms with Gasteiger partial charge in [0, 0.05) is 5.69 Å². The predicted molar refractivity (Wildman–Crippen MR) is 76.0 cm³/mol. The van der Waals surface area contributed by atoms with Crippen LogP contribution in [-0.4, -0.2) is 25.8 Å². The van der Waals surface area contributed by atoms with E-state index >= 15 is 0 Å². The Morgan fingerprint density at radius 3 is 2.80 bits per heavy atom. The molecule has 0 unspecified atom stereocenters. The molecule has 0 amide bonds. The first-order valence-corrected chi connectivity index (χ1v) is 7.31. The fourth-order valence-electron chi connectivity index (χ4n) is 3.02. The molecule has 2 aromatic rings. The number of nitrogens with zero attached hydrogens (tertiary/aromatic N) is 3. The molecule has 1 aliphatic rings. The van der Waals surface area contributed by atoms with E-state index < -0.39 is 5.97 Å². The lowest BCUT2D eigenvalue weighted by Crippen LogP contribution is -2.15. The van der Waals surface area contributed by atoms with Gasteiger partial charge in [0.15, 0.2) is 5.65 Å². The summed E-state index contributed by atoms with van der Waals surface area (Å²) < 4.78 is 1.94. The zero-order chi connectivity index (χ0) is 14.1. The summed E-state index contributed by atoms with van der Waals surface area (Å²) in [7, 11) is 0. The van der Waals surface area contributed by atoms with Crippen molar-refractivity contribution in [2.24, 2.45) is 0 Å². The van der Waals surface area contributed by atoms with Crippen molar-refractivity contribution in [3.8, 4) is 0 Å². The van der Waals surface area contributed by atoms with E-state index in [0.717, 1.165) is 30.6 Å². The lowest BCUT2D eigenvalue weighted by molar-refractivity contribution is 0.0699. The van der Waals surface area contributed by atoms with Crippen LogP contribution in [0.4, 0.5) is 0 Å². The number of aryl methyl sites for hydroxylation is 1. The molecule has 1 N–H and O–H groups in total. The van der Waals surface area contributed by atoms with Crippen molar-refractivity contribution in [2.75, 3.05) is 0 Å². The Bertz CT molecular complexity index is 642. The molecule has 0 atom stereocenters. The number of hydrogen-bond acceptors (Lipinski definition) is 3. The number of pyridine rings is 1. The fourth-order valence-corrected chi connectivity index (χ4v) is 3.02. The fraction of sp³-hybridized carbons (Fsp3) is 0.533. The summed E-state index contributed by atoms with van der Waals surface area (Å²) >= 11 is 0. The van der Waals surface area contributed by atoms with Gasteiger partial charge in [-0.2, -0.15) is 5.10 Å². The molecule has 20 heavy (non-hydrogen) atoms. The maximum Gasteiger partial charge on any atom is 0.336 e. The van der Waals surface area contributed by atoms with Crippen LogP contribution in [0.1, 0.15) is 61.1 Å². The van der Waals surface area contributed by atoms with Crippen LogP contribution in [0.5, 0.6) is 0 Å². The van der Waals surface area contributed by atoms with E-state index in [1.165, 1.54) is 19.3 Å². The summed E-state index contributed by atoms with van der Waals surface area (Å²) in [5.74, 6) is -0.907. The number of aromatic carboxylic acids is 1. The molecule has 1 saturated carbocycles. The maximum atomic E-state index is 11.4. The number of carboxylic acids is 1. The average Bonchev–Trinajstić information content (AvgIpc) is 2.90. The highest BCUT2D eigenvalue weighted by atomic mass is 16.4. The molecule has 3 rings (SSSR count). The van der Waals surface area contributed by atoms with Gasteiger partial charge in [0.05, 0.1) is 23.2 Å². The van der Waals surface area contributed by atoms with Crippen molar-refractivity contribution in [1.82, 2.24) is 14.8 Å². The Balaban J connectivity index is 2.14. The van der Waals surface area contributed by atoms with Gasteiger partial charge in [0.1, 0.15) is 0 Å². The Labute approximate surface area is 117 Å². The zero-order valence-corrected chi connectivity index (χ0v) is 11.7. The quantitative estimate of drug-likeness (QED) is 0.932. The number of aromatic nitrogens is 3. The van der Waals surface area contributed by atoms with E-state index in [4.69, 9.17) is 0 Å². The number of hydrogen-bond donors (Lipinski definition) is 1. The number of carboxylic acid groups (broad SMARTS) is 1. The van der Waals surface area contributed by atoms with Crippen LogP contribution in [-0.2, 0) is 6.42 Å². The van der Waals surface area contributed by atoms with Crippen LogP contribution in [0.15, 0.2) is 12.3 Å². The molecule has 2 aromatic heterocycles. The highest BCUT2D eigenvalue weighted by molar-refractivity contribution is 6.01. The topological polar surface area (TPSA) is 68.0 Å².